The second-order valence-corrected chi connectivity index (χ2v) is 4.16. The lowest BCUT2D eigenvalue weighted by Crippen LogP contribution is -2.30. The molecule has 2 atom stereocenters. The largest absolute Gasteiger partial charge is 0.388 e. The highest BCUT2D eigenvalue weighted by molar-refractivity contribution is 5.95. The summed E-state index contributed by atoms with van der Waals surface area (Å²) in [6.45, 7) is 2.28. The molecule has 2 rings (SSSR count). The fourth-order valence-corrected chi connectivity index (χ4v) is 1.92. The van der Waals surface area contributed by atoms with Crippen molar-refractivity contribution < 1.29 is 15.0 Å². The summed E-state index contributed by atoms with van der Waals surface area (Å²) in [5.41, 5.74) is 1.53. The van der Waals surface area contributed by atoms with Crippen LogP contribution < -0.4 is 0 Å². The van der Waals surface area contributed by atoms with Gasteiger partial charge in [0.15, 0.2) is 0 Å². The Hall–Kier alpha value is -1.39. The molecule has 1 amide bonds. The minimum Gasteiger partial charge on any atom is -0.388 e. The monoisotopic (exact) mass is 221 g/mol. The van der Waals surface area contributed by atoms with E-state index in [1.54, 1.807) is 6.07 Å². The standard InChI is InChI=1S/C12H15NO3/c1-8-4-2-3-5-9(8)12(16)13-6-10(14)11(15)7-13/h2-5,10-11,14-15H,6-7H2,1H3/t10-,11+. The lowest BCUT2D eigenvalue weighted by molar-refractivity contribution is 0.0572. The molecule has 0 bridgehead atoms. The van der Waals surface area contributed by atoms with Crippen LogP contribution in [0.15, 0.2) is 24.3 Å². The van der Waals surface area contributed by atoms with Gasteiger partial charge in [-0.1, -0.05) is 18.2 Å². The molecule has 1 aliphatic rings. The summed E-state index contributed by atoms with van der Waals surface area (Å²) in [5.74, 6) is -0.131. The first kappa shape index (κ1) is 11.1. The Morgan fingerprint density at radius 1 is 1.25 bits per heavy atom. The van der Waals surface area contributed by atoms with Crippen molar-refractivity contribution in [2.45, 2.75) is 19.1 Å². The predicted octanol–water partition coefficient (Wildman–Crippen LogP) is 0.173. The zero-order chi connectivity index (χ0) is 11.7. The van der Waals surface area contributed by atoms with Crippen molar-refractivity contribution in [2.24, 2.45) is 0 Å². The molecular formula is C12H15NO3. The number of aryl methyl sites for hydroxylation is 1. The topological polar surface area (TPSA) is 60.8 Å². The summed E-state index contributed by atoms with van der Waals surface area (Å²) >= 11 is 0. The molecule has 4 nitrogen and oxygen atoms in total. The number of aliphatic hydroxyl groups is 2. The minimum absolute atomic E-state index is 0.131. The summed E-state index contributed by atoms with van der Waals surface area (Å²) in [7, 11) is 0. The summed E-state index contributed by atoms with van der Waals surface area (Å²) in [6, 6.07) is 7.31. The maximum atomic E-state index is 12.1. The zero-order valence-electron chi connectivity index (χ0n) is 9.13. The average molecular weight is 221 g/mol. The third-order valence-electron chi connectivity index (χ3n) is 2.92. The molecular weight excluding hydrogens is 206 g/mol. The first-order valence-corrected chi connectivity index (χ1v) is 5.30. The van der Waals surface area contributed by atoms with Gasteiger partial charge in [0.1, 0.15) is 0 Å². The molecule has 16 heavy (non-hydrogen) atoms. The fourth-order valence-electron chi connectivity index (χ4n) is 1.92. The van der Waals surface area contributed by atoms with Gasteiger partial charge in [-0.2, -0.15) is 0 Å². The maximum absolute atomic E-state index is 12.1. The summed E-state index contributed by atoms with van der Waals surface area (Å²) in [5, 5.41) is 18.8. The third kappa shape index (κ3) is 1.94. The van der Waals surface area contributed by atoms with Crippen LogP contribution >= 0.6 is 0 Å². The van der Waals surface area contributed by atoms with Crippen LogP contribution in [-0.2, 0) is 0 Å². The number of benzene rings is 1. The van der Waals surface area contributed by atoms with Gasteiger partial charge in [0.25, 0.3) is 5.91 Å². The van der Waals surface area contributed by atoms with Gasteiger partial charge in [0.2, 0.25) is 0 Å². The van der Waals surface area contributed by atoms with E-state index >= 15 is 0 Å². The Labute approximate surface area is 94.1 Å². The predicted molar refractivity (Wildman–Crippen MR) is 59.1 cm³/mol. The Kier molecular flexibility index (Phi) is 2.94. The number of aliphatic hydroxyl groups excluding tert-OH is 2. The van der Waals surface area contributed by atoms with E-state index in [2.05, 4.69) is 0 Å². The fraction of sp³-hybridized carbons (Fsp3) is 0.417. The number of β-amino-alcohol motifs (C(OH)–C–C–N with tert-alkyl or cyclic N) is 2. The summed E-state index contributed by atoms with van der Waals surface area (Å²) in [6.07, 6.45) is -1.65. The molecule has 1 heterocycles. The normalized spacial score (nSPS) is 24.8. The van der Waals surface area contributed by atoms with E-state index < -0.39 is 12.2 Å². The zero-order valence-corrected chi connectivity index (χ0v) is 9.13. The highest BCUT2D eigenvalue weighted by atomic mass is 16.3. The van der Waals surface area contributed by atoms with Gasteiger partial charge in [-0.15, -0.1) is 0 Å². The van der Waals surface area contributed by atoms with E-state index in [9.17, 15) is 15.0 Å². The van der Waals surface area contributed by atoms with Crippen LogP contribution in [0.4, 0.5) is 0 Å². The first-order chi connectivity index (χ1) is 7.59. The van der Waals surface area contributed by atoms with Crippen molar-refractivity contribution in [1.82, 2.24) is 4.90 Å². The first-order valence-electron chi connectivity index (χ1n) is 5.30. The van der Waals surface area contributed by atoms with E-state index in [-0.39, 0.29) is 19.0 Å². The van der Waals surface area contributed by atoms with Gasteiger partial charge in [-0.05, 0) is 18.6 Å². The molecule has 86 valence electrons. The van der Waals surface area contributed by atoms with E-state index in [4.69, 9.17) is 0 Å². The molecule has 0 aromatic heterocycles. The lowest BCUT2D eigenvalue weighted by Gasteiger charge is -2.16. The second-order valence-electron chi connectivity index (χ2n) is 4.16. The molecule has 0 spiro atoms. The third-order valence-corrected chi connectivity index (χ3v) is 2.92. The van der Waals surface area contributed by atoms with Gasteiger partial charge in [-0.25, -0.2) is 0 Å². The minimum atomic E-state index is -0.826. The highest BCUT2D eigenvalue weighted by Crippen LogP contribution is 2.16. The Morgan fingerprint density at radius 2 is 1.81 bits per heavy atom. The molecule has 0 saturated carbocycles. The molecule has 1 aromatic rings. The number of rotatable bonds is 1. The van der Waals surface area contributed by atoms with Crippen LogP contribution in [0.2, 0.25) is 0 Å². The summed E-state index contributed by atoms with van der Waals surface area (Å²) < 4.78 is 0. The van der Waals surface area contributed by atoms with E-state index in [0.717, 1.165) is 5.56 Å². The highest BCUT2D eigenvalue weighted by Gasteiger charge is 2.33. The van der Waals surface area contributed by atoms with Gasteiger partial charge in [0.05, 0.1) is 12.2 Å². The van der Waals surface area contributed by atoms with Crippen LogP contribution in [0, 0.1) is 6.92 Å². The van der Waals surface area contributed by atoms with Gasteiger partial charge in [0, 0.05) is 18.7 Å². The van der Waals surface area contributed by atoms with Crippen LogP contribution in [0.5, 0.6) is 0 Å². The number of amides is 1. The van der Waals surface area contributed by atoms with Crippen LogP contribution in [0.3, 0.4) is 0 Å². The van der Waals surface area contributed by atoms with E-state index in [1.807, 2.05) is 25.1 Å². The van der Waals surface area contributed by atoms with E-state index in [0.29, 0.717) is 5.56 Å². The molecule has 2 N–H and O–H groups in total. The quantitative estimate of drug-likeness (QED) is 0.710. The Bertz CT molecular complexity index is 395. The van der Waals surface area contributed by atoms with Gasteiger partial charge in [-0.3, -0.25) is 4.79 Å². The molecule has 1 fully saturated rings. The average Bonchev–Trinajstić information content (AvgIpc) is 2.59. The summed E-state index contributed by atoms with van der Waals surface area (Å²) in [4.78, 5) is 13.5. The molecule has 0 unspecified atom stereocenters. The van der Waals surface area contributed by atoms with Crippen molar-refractivity contribution in [3.63, 3.8) is 0 Å². The number of likely N-dealkylation sites (tertiary alicyclic amines) is 1. The number of nitrogens with zero attached hydrogens (tertiary/aromatic N) is 1. The van der Waals surface area contributed by atoms with Crippen molar-refractivity contribution in [2.75, 3.05) is 13.1 Å². The SMILES string of the molecule is Cc1ccccc1C(=O)N1C[C@@H](O)[C@@H](O)C1. The van der Waals surface area contributed by atoms with Gasteiger partial charge < -0.3 is 15.1 Å². The number of hydrogen-bond donors (Lipinski definition) is 2. The van der Waals surface area contributed by atoms with Crippen LogP contribution in [-0.4, -0.2) is 46.3 Å². The number of hydrogen-bond acceptors (Lipinski definition) is 3. The second kappa shape index (κ2) is 4.23. The van der Waals surface area contributed by atoms with E-state index in [1.165, 1.54) is 4.90 Å². The van der Waals surface area contributed by atoms with Crippen molar-refractivity contribution in [1.29, 1.82) is 0 Å². The lowest BCUT2D eigenvalue weighted by atomic mass is 10.1. The van der Waals surface area contributed by atoms with Gasteiger partial charge >= 0.3 is 0 Å². The molecule has 4 heteroatoms. The molecule has 0 radical (unpaired) electrons. The van der Waals surface area contributed by atoms with Crippen LogP contribution in [0.1, 0.15) is 15.9 Å². The Balaban J connectivity index is 2.18. The molecule has 0 aliphatic carbocycles. The number of carbonyl (C=O) groups is 1. The van der Waals surface area contributed by atoms with Crippen molar-refractivity contribution >= 4 is 5.91 Å². The Morgan fingerprint density at radius 3 is 2.38 bits per heavy atom. The molecule has 1 aliphatic heterocycles. The van der Waals surface area contributed by atoms with Crippen LogP contribution in [0.25, 0.3) is 0 Å². The smallest absolute Gasteiger partial charge is 0.254 e. The number of carbonyl (C=O) groups excluding carboxylic acids is 1. The van der Waals surface area contributed by atoms with Crippen molar-refractivity contribution in [3.05, 3.63) is 35.4 Å². The molecule has 1 aromatic carbocycles. The molecule has 1 saturated heterocycles. The maximum Gasteiger partial charge on any atom is 0.254 e. The van der Waals surface area contributed by atoms with Crippen molar-refractivity contribution in [3.8, 4) is 0 Å².